The number of rotatable bonds is 4. The summed E-state index contributed by atoms with van der Waals surface area (Å²) in [6.45, 7) is 1.79. The van der Waals surface area contributed by atoms with E-state index in [2.05, 4.69) is 15.5 Å². The number of aryl methyl sites for hydroxylation is 1. The third kappa shape index (κ3) is 3.52. The van der Waals surface area contributed by atoms with Crippen LogP contribution in [0.4, 0.5) is 0 Å². The van der Waals surface area contributed by atoms with Crippen molar-refractivity contribution in [2.75, 3.05) is 0 Å². The Balaban J connectivity index is 1.73. The second kappa shape index (κ2) is 7.10. The van der Waals surface area contributed by atoms with E-state index in [0.717, 1.165) is 5.56 Å². The summed E-state index contributed by atoms with van der Waals surface area (Å²) in [4.78, 5) is 16.7. The Kier molecular flexibility index (Phi) is 4.72. The number of allylic oxidation sites excluding steroid dienone is 1. The molecule has 0 fully saturated rings. The van der Waals surface area contributed by atoms with Crippen LogP contribution in [0.15, 0.2) is 64.9 Å². The lowest BCUT2D eigenvalue weighted by Gasteiger charge is -2.01. The smallest absolute Gasteiger partial charge is 0.290 e. The van der Waals surface area contributed by atoms with Gasteiger partial charge in [0.2, 0.25) is 0 Å². The third-order valence-corrected chi connectivity index (χ3v) is 3.58. The van der Waals surface area contributed by atoms with Gasteiger partial charge in [0.1, 0.15) is 11.3 Å². The largest absolute Gasteiger partial charge is 0.295 e. The molecule has 3 aromatic rings. The van der Waals surface area contributed by atoms with Crippen LogP contribution in [-0.4, -0.2) is 21.5 Å². The first-order valence-corrected chi connectivity index (χ1v) is 7.72. The van der Waals surface area contributed by atoms with Gasteiger partial charge in [0.15, 0.2) is 0 Å². The number of hydrogen-bond donors (Lipinski definition) is 1. The molecule has 0 aliphatic carbocycles. The molecule has 5 nitrogen and oxygen atoms in total. The Bertz CT molecular complexity index is 929. The quantitative estimate of drug-likeness (QED) is 0.583. The molecule has 2 aromatic heterocycles. The van der Waals surface area contributed by atoms with Crippen LogP contribution < -0.4 is 5.43 Å². The molecule has 120 valence electrons. The van der Waals surface area contributed by atoms with Crippen LogP contribution in [0.2, 0.25) is 0 Å². The van der Waals surface area contributed by atoms with E-state index in [9.17, 15) is 4.79 Å². The first-order chi connectivity index (χ1) is 11.6. The van der Waals surface area contributed by atoms with Gasteiger partial charge in [-0.25, -0.2) is 10.4 Å². The average molecular weight is 339 g/mol. The monoisotopic (exact) mass is 338 g/mol. The molecule has 0 aliphatic heterocycles. The second-order valence-electron chi connectivity index (χ2n) is 5.11. The average Bonchev–Trinajstić information content (AvgIpc) is 2.91. The summed E-state index contributed by atoms with van der Waals surface area (Å²) in [7, 11) is 0. The minimum Gasteiger partial charge on any atom is -0.295 e. The number of halogens is 1. The zero-order valence-electron chi connectivity index (χ0n) is 13.0. The van der Waals surface area contributed by atoms with Crippen molar-refractivity contribution in [2.45, 2.75) is 6.92 Å². The number of nitrogens with zero attached hydrogens (tertiary/aromatic N) is 3. The van der Waals surface area contributed by atoms with Gasteiger partial charge in [-0.3, -0.25) is 9.20 Å². The Hall–Kier alpha value is -2.92. The second-order valence-corrected chi connectivity index (χ2v) is 5.55. The topological polar surface area (TPSA) is 58.8 Å². The lowest BCUT2D eigenvalue weighted by molar-refractivity contribution is 0.0948. The van der Waals surface area contributed by atoms with Crippen LogP contribution in [-0.2, 0) is 0 Å². The van der Waals surface area contributed by atoms with Gasteiger partial charge in [0, 0.05) is 6.20 Å². The van der Waals surface area contributed by atoms with E-state index in [-0.39, 0.29) is 5.91 Å². The van der Waals surface area contributed by atoms with Gasteiger partial charge in [0.05, 0.1) is 16.9 Å². The lowest BCUT2D eigenvalue weighted by atomic mass is 10.2. The highest BCUT2D eigenvalue weighted by Crippen LogP contribution is 2.12. The predicted molar refractivity (Wildman–Crippen MR) is 96.2 cm³/mol. The Morgan fingerprint density at radius 3 is 2.75 bits per heavy atom. The Morgan fingerprint density at radius 1 is 1.21 bits per heavy atom. The number of aromatic nitrogens is 2. The van der Waals surface area contributed by atoms with Crippen LogP contribution >= 0.6 is 11.6 Å². The zero-order valence-corrected chi connectivity index (χ0v) is 13.7. The van der Waals surface area contributed by atoms with Crippen LogP contribution in [0.25, 0.3) is 11.7 Å². The molecule has 24 heavy (non-hydrogen) atoms. The maximum absolute atomic E-state index is 12.3. The van der Waals surface area contributed by atoms with Crippen LogP contribution in [0.3, 0.4) is 0 Å². The van der Waals surface area contributed by atoms with Crippen molar-refractivity contribution in [2.24, 2.45) is 5.10 Å². The minimum atomic E-state index is -0.341. The molecular weight excluding hydrogens is 324 g/mol. The Morgan fingerprint density at radius 2 is 1.96 bits per heavy atom. The number of carbonyl (C=O) groups excluding carboxylic acids is 1. The van der Waals surface area contributed by atoms with E-state index in [4.69, 9.17) is 11.6 Å². The summed E-state index contributed by atoms with van der Waals surface area (Å²) in [5.41, 5.74) is 5.24. The van der Waals surface area contributed by atoms with Crippen LogP contribution in [0.5, 0.6) is 0 Å². The van der Waals surface area contributed by atoms with Crippen molar-refractivity contribution in [1.29, 1.82) is 0 Å². The summed E-state index contributed by atoms with van der Waals surface area (Å²) in [5, 5.41) is 4.32. The van der Waals surface area contributed by atoms with Crippen molar-refractivity contribution in [3.63, 3.8) is 0 Å². The number of hydrazone groups is 1. The highest BCUT2D eigenvalue weighted by molar-refractivity contribution is 6.41. The highest BCUT2D eigenvalue weighted by atomic mass is 35.5. The molecule has 0 saturated carbocycles. The van der Waals surface area contributed by atoms with Gasteiger partial charge in [-0.15, -0.1) is 0 Å². The number of imidazole rings is 1. The first-order valence-electron chi connectivity index (χ1n) is 7.34. The molecule has 0 radical (unpaired) electrons. The third-order valence-electron chi connectivity index (χ3n) is 3.38. The molecule has 2 heterocycles. The number of fused-ring (bicyclic) bond motifs is 1. The van der Waals surface area contributed by atoms with Crippen molar-refractivity contribution < 1.29 is 4.79 Å². The van der Waals surface area contributed by atoms with E-state index in [0.29, 0.717) is 22.1 Å². The van der Waals surface area contributed by atoms with Gasteiger partial charge in [-0.05, 0) is 30.7 Å². The van der Waals surface area contributed by atoms with Crippen LogP contribution in [0, 0.1) is 6.92 Å². The summed E-state index contributed by atoms with van der Waals surface area (Å²) < 4.78 is 1.72. The van der Waals surface area contributed by atoms with E-state index < -0.39 is 0 Å². The van der Waals surface area contributed by atoms with Gasteiger partial charge in [0.25, 0.3) is 5.91 Å². The predicted octanol–water partition coefficient (Wildman–Crippen LogP) is 3.64. The van der Waals surface area contributed by atoms with Crippen molar-refractivity contribution in [3.05, 3.63) is 76.7 Å². The number of pyridine rings is 1. The van der Waals surface area contributed by atoms with E-state index >= 15 is 0 Å². The number of carbonyl (C=O) groups is 1. The van der Waals surface area contributed by atoms with Crippen molar-refractivity contribution in [3.8, 4) is 0 Å². The van der Waals surface area contributed by atoms with Crippen LogP contribution in [0.1, 0.15) is 21.7 Å². The number of benzene rings is 1. The number of amides is 1. The maximum Gasteiger partial charge on any atom is 0.290 e. The summed E-state index contributed by atoms with van der Waals surface area (Å²) in [5.74, 6) is -0.341. The summed E-state index contributed by atoms with van der Waals surface area (Å²) in [6.07, 6.45) is 4.94. The van der Waals surface area contributed by atoms with Crippen molar-refractivity contribution >= 4 is 35.4 Å². The molecule has 0 atom stereocenters. The number of hydrogen-bond acceptors (Lipinski definition) is 3. The molecule has 6 heteroatoms. The lowest BCUT2D eigenvalue weighted by Crippen LogP contribution is -2.20. The van der Waals surface area contributed by atoms with Gasteiger partial charge in [-0.2, -0.15) is 5.10 Å². The maximum atomic E-state index is 12.3. The molecule has 0 saturated heterocycles. The fourth-order valence-corrected chi connectivity index (χ4v) is 2.51. The number of nitrogens with one attached hydrogen (secondary N) is 1. The van der Waals surface area contributed by atoms with Crippen molar-refractivity contribution in [1.82, 2.24) is 14.8 Å². The van der Waals surface area contributed by atoms with E-state index in [1.54, 1.807) is 23.6 Å². The van der Waals surface area contributed by atoms with E-state index in [1.807, 2.05) is 48.5 Å². The minimum absolute atomic E-state index is 0.341. The summed E-state index contributed by atoms with van der Waals surface area (Å²) >= 11 is 6.09. The standard InChI is InChI=1S/C18H15ClN4O/c1-13-17(23-10-6-5-9-16(23)21-13)18(24)22-20-12-15(19)11-14-7-3-2-4-8-14/h2-12H,1H3,(H,22,24)/b15-11-,20-12-. The fraction of sp³-hybridized carbons (Fsp3) is 0.0556. The first kappa shape index (κ1) is 16.0. The summed E-state index contributed by atoms with van der Waals surface area (Å²) in [6, 6.07) is 15.2. The SMILES string of the molecule is Cc1nc2ccccn2c1C(=O)N/N=C\C(Cl)=C\c1ccccc1. The molecular formula is C18H15ClN4O. The van der Waals surface area contributed by atoms with Gasteiger partial charge in [-0.1, -0.05) is 48.0 Å². The van der Waals surface area contributed by atoms with Gasteiger partial charge >= 0.3 is 0 Å². The zero-order chi connectivity index (χ0) is 16.9. The highest BCUT2D eigenvalue weighted by Gasteiger charge is 2.15. The van der Waals surface area contributed by atoms with E-state index in [1.165, 1.54) is 6.21 Å². The molecule has 1 amide bonds. The molecule has 0 spiro atoms. The molecule has 0 aliphatic rings. The molecule has 0 unspecified atom stereocenters. The molecule has 1 aromatic carbocycles. The normalized spacial score (nSPS) is 12.0. The van der Waals surface area contributed by atoms with Gasteiger partial charge < -0.3 is 0 Å². The Labute approximate surface area is 144 Å². The molecule has 0 bridgehead atoms. The molecule has 3 rings (SSSR count). The fourth-order valence-electron chi connectivity index (χ4n) is 2.34. The molecule has 1 N–H and O–H groups in total.